The number of aliphatic hydroxyl groups is 1. The van der Waals surface area contributed by atoms with Crippen LogP contribution in [0, 0.1) is 25.5 Å². The third-order valence-electron chi connectivity index (χ3n) is 12.0. The van der Waals surface area contributed by atoms with Crippen molar-refractivity contribution in [3.8, 4) is 17.0 Å². The third kappa shape index (κ3) is 10.3. The van der Waals surface area contributed by atoms with Crippen LogP contribution in [0.1, 0.15) is 51.6 Å². The van der Waals surface area contributed by atoms with Crippen LogP contribution < -0.4 is 26.0 Å². The molecule has 1 aliphatic carbocycles. The van der Waals surface area contributed by atoms with Crippen LogP contribution in [0.5, 0.6) is 5.75 Å². The third-order valence-corrected chi connectivity index (χ3v) is 12.6. The van der Waals surface area contributed by atoms with Crippen LogP contribution in [0.2, 0.25) is 0 Å². The molecule has 7 aromatic rings. The molecule has 1 saturated carbocycles. The van der Waals surface area contributed by atoms with E-state index in [9.17, 15) is 19.1 Å². The number of carbonyl (C=O) groups is 2. The van der Waals surface area contributed by atoms with Gasteiger partial charge in [-0.2, -0.15) is 19.6 Å². The molecule has 22 heteroatoms. The topological polar surface area (TPSA) is 230 Å². The first-order valence-corrected chi connectivity index (χ1v) is 23.0. The summed E-state index contributed by atoms with van der Waals surface area (Å²) in [5, 5.41) is 21.4. The molecule has 1 saturated heterocycles. The smallest absolute Gasteiger partial charge is 0.258 e. The van der Waals surface area contributed by atoms with E-state index in [0.29, 0.717) is 66.2 Å². The zero-order valence-corrected chi connectivity index (χ0v) is 39.6. The molecule has 5 heterocycles. The van der Waals surface area contributed by atoms with E-state index in [2.05, 4.69) is 58.2 Å². The number of anilines is 4. The Hall–Kier alpha value is -7.14. The second-order valence-electron chi connectivity index (χ2n) is 17.0. The predicted molar refractivity (Wildman–Crippen MR) is 258 cm³/mol. The highest BCUT2D eigenvalue weighted by atomic mass is 79.9. The first kappa shape index (κ1) is 46.9. The molecule has 2 amide bonds. The van der Waals surface area contributed by atoms with Crippen LogP contribution in [0.25, 0.3) is 27.9 Å². The highest BCUT2D eigenvalue weighted by Crippen LogP contribution is 2.41. The van der Waals surface area contributed by atoms with Gasteiger partial charge in [-0.25, -0.2) is 23.7 Å². The maximum atomic E-state index is 15.1. The fourth-order valence-electron chi connectivity index (χ4n) is 8.01. The van der Waals surface area contributed by atoms with E-state index < -0.39 is 29.9 Å². The highest BCUT2D eigenvalue weighted by Gasteiger charge is 2.28. The number of aromatic amines is 1. The van der Waals surface area contributed by atoms with E-state index in [4.69, 9.17) is 25.2 Å². The molecule has 2 fully saturated rings. The van der Waals surface area contributed by atoms with Gasteiger partial charge in [-0.1, -0.05) is 18.7 Å². The lowest BCUT2D eigenvalue weighted by Gasteiger charge is -2.36. The summed E-state index contributed by atoms with van der Waals surface area (Å²) >= 11 is 3.55. The molecular weight excluding hydrogens is 959 g/mol. The Bertz CT molecular complexity index is 3100. The molecular formula is C47H49BrF2N14O5. The van der Waals surface area contributed by atoms with Gasteiger partial charge in [0.1, 0.15) is 36.1 Å². The number of hydrogen-bond acceptors (Lipinski definition) is 15. The molecule has 0 radical (unpaired) electrons. The molecule has 1 unspecified atom stereocenters. The van der Waals surface area contributed by atoms with Gasteiger partial charge in [-0.05, 0) is 102 Å². The maximum absolute atomic E-state index is 15.1. The zero-order chi connectivity index (χ0) is 48.5. The maximum Gasteiger partial charge on any atom is 0.258 e. The van der Waals surface area contributed by atoms with Gasteiger partial charge in [0.2, 0.25) is 18.3 Å². The fraction of sp³-hybridized carbons (Fsp3) is 0.319. The number of nitrogens with two attached hydrogens (primary N) is 1. The van der Waals surface area contributed by atoms with E-state index in [0.717, 1.165) is 46.9 Å². The minimum Gasteiger partial charge on any atom is -0.486 e. The van der Waals surface area contributed by atoms with Crippen molar-refractivity contribution in [3.63, 3.8) is 0 Å². The van der Waals surface area contributed by atoms with Crippen LogP contribution in [-0.4, -0.2) is 126 Å². The summed E-state index contributed by atoms with van der Waals surface area (Å²) in [6.45, 7) is 9.42. The van der Waals surface area contributed by atoms with Crippen molar-refractivity contribution in [2.24, 2.45) is 0 Å². The van der Waals surface area contributed by atoms with E-state index in [1.165, 1.54) is 29.4 Å². The minimum absolute atomic E-state index is 0.0318. The van der Waals surface area contributed by atoms with Gasteiger partial charge in [-0.15, -0.1) is 0 Å². The molecule has 2 aliphatic rings. The average molecular weight is 1010 g/mol. The van der Waals surface area contributed by atoms with Crippen molar-refractivity contribution >= 4 is 67.8 Å². The summed E-state index contributed by atoms with van der Waals surface area (Å²) in [4.78, 5) is 57.5. The number of aryl methyl sites for hydroxylation is 1. The molecule has 9 rings (SSSR count). The van der Waals surface area contributed by atoms with E-state index >= 15 is 4.39 Å². The van der Waals surface area contributed by atoms with Crippen LogP contribution in [0.15, 0.2) is 77.7 Å². The van der Waals surface area contributed by atoms with Crippen molar-refractivity contribution < 1.29 is 33.0 Å². The lowest BCUT2D eigenvalue weighted by atomic mass is 10.0. The number of nitrogens with zero attached hydrogens (tertiary/aromatic N) is 10. The normalized spacial score (nSPS) is 14.6. The number of fused-ring (bicyclic) bond motifs is 2. The van der Waals surface area contributed by atoms with Crippen LogP contribution in [-0.2, 0) is 16.1 Å². The number of rotatable bonds is 17. The molecule has 4 aromatic heterocycles. The minimum atomic E-state index is -1.32. The van der Waals surface area contributed by atoms with Crippen LogP contribution in [0.3, 0.4) is 0 Å². The zero-order valence-electron chi connectivity index (χ0n) is 38.0. The van der Waals surface area contributed by atoms with Gasteiger partial charge in [0.05, 0.1) is 47.0 Å². The van der Waals surface area contributed by atoms with Gasteiger partial charge >= 0.3 is 0 Å². The number of amides is 2. The number of benzene rings is 3. The Kier molecular flexibility index (Phi) is 13.5. The van der Waals surface area contributed by atoms with Crippen molar-refractivity contribution in [2.75, 3.05) is 74.3 Å². The van der Waals surface area contributed by atoms with Crippen molar-refractivity contribution in [1.82, 2.24) is 49.3 Å². The van der Waals surface area contributed by atoms with Gasteiger partial charge < -0.3 is 45.7 Å². The van der Waals surface area contributed by atoms with Crippen molar-refractivity contribution in [1.29, 1.82) is 0 Å². The number of halogens is 3. The number of imidazole rings is 1. The molecule has 0 spiro atoms. The largest absolute Gasteiger partial charge is 0.486 e. The average Bonchev–Trinajstić information content (AvgIpc) is 4.01. The summed E-state index contributed by atoms with van der Waals surface area (Å²) < 4.78 is 44.1. The standard InChI is InChI=1S/C47H49BrF2N14O5/c1-25-5-10-35-37(17-25)57-38(56-35)22-52-45-60-46(59-42-33(48)21-55-64(42)45)62-11-13-63(14-12-62)47(67)69-23-26(2)44(66)61(4)15-16-68-40-39(53-24-54-41(40)51)32-19-30(49)20-36(27(32)3)58-43(65)31-9-8-29(18-34(31)50)28-6-7-28/h5,8-10,17-21,24,28,47,67H,2,6-7,11-16,22-23H2,1,3-4H3,(H,56,57)(H,58,65)(H2,51,53,54)(H,52,59,60). The lowest BCUT2D eigenvalue weighted by molar-refractivity contribution is -0.189. The van der Waals surface area contributed by atoms with Crippen molar-refractivity contribution in [3.05, 3.63) is 117 Å². The number of nitrogens with one attached hydrogen (secondary N) is 3. The molecule has 19 nitrogen and oxygen atoms in total. The summed E-state index contributed by atoms with van der Waals surface area (Å²) in [6, 6.07) is 12.9. The van der Waals surface area contributed by atoms with Gasteiger partial charge in [0, 0.05) is 50.1 Å². The van der Waals surface area contributed by atoms with Gasteiger partial charge in [0.25, 0.3) is 11.8 Å². The number of carbonyl (C=O) groups excluding carboxylic acids is 2. The lowest BCUT2D eigenvalue weighted by Crippen LogP contribution is -2.51. The molecule has 3 aromatic carbocycles. The van der Waals surface area contributed by atoms with E-state index in [1.54, 1.807) is 35.6 Å². The molecule has 69 heavy (non-hydrogen) atoms. The molecule has 358 valence electrons. The van der Waals surface area contributed by atoms with Crippen LogP contribution >= 0.6 is 15.9 Å². The van der Waals surface area contributed by atoms with E-state index in [1.807, 2.05) is 30.0 Å². The Morgan fingerprint density at radius 1 is 1.06 bits per heavy atom. The summed E-state index contributed by atoms with van der Waals surface area (Å²) in [5.41, 5.74) is 11.4. The number of ether oxygens (including phenoxy) is 2. The highest BCUT2D eigenvalue weighted by molar-refractivity contribution is 9.10. The van der Waals surface area contributed by atoms with Crippen molar-refractivity contribution in [2.45, 2.75) is 45.6 Å². The number of H-pyrrole nitrogens is 1. The fourth-order valence-corrected chi connectivity index (χ4v) is 8.36. The predicted octanol–water partition coefficient (Wildman–Crippen LogP) is 5.95. The molecule has 0 bridgehead atoms. The second kappa shape index (κ2) is 19.8. The molecule has 1 atom stereocenters. The quantitative estimate of drug-likeness (QED) is 0.0525. The summed E-state index contributed by atoms with van der Waals surface area (Å²) in [5.74, 6) is -0.540. The SMILES string of the molecule is C=C(COC(O)N1CCN(c2nc(NCc3nc4ccc(C)cc4[nH]3)n3ncc(Br)c3n2)CC1)C(=O)N(C)CCOc1c(N)ncnc1-c1cc(F)cc(NC(=O)c2ccc(C3CC3)cc2F)c1C. The Labute approximate surface area is 402 Å². The number of likely N-dealkylation sites (N-methyl/N-ethyl adjacent to an activating group) is 1. The summed E-state index contributed by atoms with van der Waals surface area (Å²) in [6.07, 6.45) is 3.51. The number of aliphatic hydroxyl groups excluding tert-OH is 1. The first-order chi connectivity index (χ1) is 33.2. The number of nitrogen functional groups attached to an aromatic ring is 1. The Morgan fingerprint density at radius 3 is 2.62 bits per heavy atom. The number of aromatic nitrogens is 8. The summed E-state index contributed by atoms with van der Waals surface area (Å²) in [7, 11) is 1.55. The van der Waals surface area contributed by atoms with Gasteiger partial charge in [0.15, 0.2) is 17.2 Å². The molecule has 1 aliphatic heterocycles. The first-order valence-electron chi connectivity index (χ1n) is 22.2. The number of piperazine rings is 1. The van der Waals surface area contributed by atoms with Gasteiger partial charge in [-0.3, -0.25) is 14.5 Å². The number of hydrogen-bond donors (Lipinski definition) is 5. The Morgan fingerprint density at radius 2 is 1.86 bits per heavy atom. The van der Waals surface area contributed by atoms with Crippen LogP contribution in [0.4, 0.5) is 32.2 Å². The van der Waals surface area contributed by atoms with E-state index in [-0.39, 0.29) is 59.4 Å². The second-order valence-corrected chi connectivity index (χ2v) is 17.9. The monoisotopic (exact) mass is 1010 g/mol. The Balaban J connectivity index is 0.761. The molecule has 6 N–H and O–H groups in total.